The number of benzene rings is 1. The van der Waals surface area contributed by atoms with Crippen molar-refractivity contribution in [3.63, 3.8) is 0 Å². The van der Waals surface area contributed by atoms with E-state index in [9.17, 15) is 4.79 Å². The Morgan fingerprint density at radius 1 is 1.24 bits per heavy atom. The summed E-state index contributed by atoms with van der Waals surface area (Å²) < 4.78 is 0. The second-order valence-electron chi connectivity index (χ2n) is 4.68. The summed E-state index contributed by atoms with van der Waals surface area (Å²) in [6.45, 7) is 8.65. The molecular formula is C16H27N3O2. The molecule has 5 nitrogen and oxygen atoms in total. The van der Waals surface area contributed by atoms with E-state index in [2.05, 4.69) is 10.5 Å². The number of nitrogens with zero attached hydrogens (tertiary/aromatic N) is 1. The SMILES string of the molecule is CC.CC(C)=NNCCc1ccc(CC(N)C(=O)O)cc1. The standard InChI is InChI=1S/C14H21N3O2.C2H6/c1-10(2)17-16-8-7-11-3-5-12(6-4-11)9-13(15)14(18)19;1-2/h3-6,13,16H,7-9,15H2,1-2H3,(H,18,19);1-2H3. The lowest BCUT2D eigenvalue weighted by Crippen LogP contribution is -2.32. The lowest BCUT2D eigenvalue weighted by Gasteiger charge is -2.07. The molecule has 0 bridgehead atoms. The van der Waals surface area contributed by atoms with Gasteiger partial charge >= 0.3 is 5.97 Å². The monoisotopic (exact) mass is 293 g/mol. The van der Waals surface area contributed by atoms with Crippen LogP contribution in [0.5, 0.6) is 0 Å². The van der Waals surface area contributed by atoms with Crippen LogP contribution in [0.15, 0.2) is 29.4 Å². The molecule has 0 aliphatic rings. The van der Waals surface area contributed by atoms with Gasteiger partial charge < -0.3 is 16.3 Å². The Labute approximate surface area is 127 Å². The third-order valence-corrected chi connectivity index (χ3v) is 2.62. The van der Waals surface area contributed by atoms with Crippen LogP contribution in [0.4, 0.5) is 0 Å². The molecule has 0 aliphatic carbocycles. The molecule has 1 aromatic rings. The van der Waals surface area contributed by atoms with Crippen LogP contribution in [0.2, 0.25) is 0 Å². The van der Waals surface area contributed by atoms with Gasteiger partial charge in [0.05, 0.1) is 0 Å². The molecule has 1 atom stereocenters. The third kappa shape index (κ3) is 8.81. The first-order valence-electron chi connectivity index (χ1n) is 7.29. The van der Waals surface area contributed by atoms with Crippen LogP contribution in [0.25, 0.3) is 0 Å². The van der Waals surface area contributed by atoms with Gasteiger partial charge in [0, 0.05) is 12.3 Å². The van der Waals surface area contributed by atoms with E-state index in [0.29, 0.717) is 6.42 Å². The van der Waals surface area contributed by atoms with Crippen LogP contribution in [-0.2, 0) is 17.6 Å². The summed E-state index contributed by atoms with van der Waals surface area (Å²) in [5, 5.41) is 12.8. The quantitative estimate of drug-likeness (QED) is 0.408. The molecular weight excluding hydrogens is 266 g/mol. The summed E-state index contributed by atoms with van der Waals surface area (Å²) >= 11 is 0. The second kappa shape index (κ2) is 10.9. The van der Waals surface area contributed by atoms with Gasteiger partial charge in [-0.05, 0) is 37.8 Å². The highest BCUT2D eigenvalue weighted by Crippen LogP contribution is 2.07. The van der Waals surface area contributed by atoms with Gasteiger partial charge in [-0.25, -0.2) is 0 Å². The number of hydrazone groups is 1. The molecule has 0 fully saturated rings. The summed E-state index contributed by atoms with van der Waals surface area (Å²) in [5.41, 5.74) is 11.6. The Bertz CT molecular complexity index is 437. The Kier molecular flexibility index (Phi) is 9.88. The summed E-state index contributed by atoms with van der Waals surface area (Å²) in [5.74, 6) is -0.971. The number of carbonyl (C=O) groups is 1. The fourth-order valence-electron chi connectivity index (χ4n) is 1.60. The molecule has 118 valence electrons. The molecule has 4 N–H and O–H groups in total. The van der Waals surface area contributed by atoms with Gasteiger partial charge in [-0.15, -0.1) is 0 Å². The molecule has 0 saturated heterocycles. The zero-order chi connectivity index (χ0) is 16.3. The van der Waals surface area contributed by atoms with Crippen molar-refractivity contribution in [1.82, 2.24) is 5.43 Å². The Morgan fingerprint density at radius 2 is 1.76 bits per heavy atom. The molecule has 0 heterocycles. The van der Waals surface area contributed by atoms with Gasteiger partial charge in [0.25, 0.3) is 0 Å². The average molecular weight is 293 g/mol. The van der Waals surface area contributed by atoms with E-state index in [1.54, 1.807) is 0 Å². The van der Waals surface area contributed by atoms with E-state index in [0.717, 1.165) is 24.2 Å². The molecule has 0 aliphatic heterocycles. The predicted molar refractivity (Wildman–Crippen MR) is 87.6 cm³/mol. The maximum absolute atomic E-state index is 10.7. The van der Waals surface area contributed by atoms with Gasteiger partial charge in [-0.2, -0.15) is 5.10 Å². The van der Waals surface area contributed by atoms with E-state index in [1.807, 2.05) is 52.0 Å². The highest BCUT2D eigenvalue weighted by Gasteiger charge is 2.11. The minimum Gasteiger partial charge on any atom is -0.480 e. The topological polar surface area (TPSA) is 87.7 Å². The smallest absolute Gasteiger partial charge is 0.320 e. The number of nitrogens with two attached hydrogens (primary N) is 1. The first-order chi connectivity index (χ1) is 9.99. The molecule has 0 saturated carbocycles. The minimum atomic E-state index is -0.971. The molecule has 1 unspecified atom stereocenters. The Hall–Kier alpha value is -1.88. The number of nitrogens with one attached hydrogen (secondary N) is 1. The van der Waals surface area contributed by atoms with Crippen molar-refractivity contribution in [1.29, 1.82) is 0 Å². The molecule has 1 aromatic carbocycles. The van der Waals surface area contributed by atoms with Crippen LogP contribution < -0.4 is 11.2 Å². The van der Waals surface area contributed by atoms with Crippen molar-refractivity contribution in [2.45, 2.75) is 46.6 Å². The summed E-state index contributed by atoms with van der Waals surface area (Å²) in [7, 11) is 0. The zero-order valence-corrected chi connectivity index (χ0v) is 13.4. The second-order valence-corrected chi connectivity index (χ2v) is 4.68. The molecule has 0 spiro atoms. The largest absolute Gasteiger partial charge is 0.480 e. The molecule has 0 radical (unpaired) electrons. The van der Waals surface area contributed by atoms with Crippen LogP contribution in [-0.4, -0.2) is 29.4 Å². The van der Waals surface area contributed by atoms with Crippen molar-refractivity contribution in [2.24, 2.45) is 10.8 Å². The van der Waals surface area contributed by atoms with Gasteiger partial charge in [-0.3, -0.25) is 4.79 Å². The van der Waals surface area contributed by atoms with Crippen LogP contribution in [0.3, 0.4) is 0 Å². The molecule has 0 amide bonds. The lowest BCUT2D eigenvalue weighted by molar-refractivity contribution is -0.138. The first kappa shape index (κ1) is 19.1. The first-order valence-corrected chi connectivity index (χ1v) is 7.29. The predicted octanol–water partition coefficient (Wildman–Crippen LogP) is 2.20. The highest BCUT2D eigenvalue weighted by atomic mass is 16.4. The fourth-order valence-corrected chi connectivity index (χ4v) is 1.60. The number of hydrogen-bond donors (Lipinski definition) is 3. The Balaban J connectivity index is 0.00000191. The minimum absolute atomic E-state index is 0.354. The Morgan fingerprint density at radius 3 is 2.24 bits per heavy atom. The molecule has 21 heavy (non-hydrogen) atoms. The molecule has 0 aromatic heterocycles. The van der Waals surface area contributed by atoms with Crippen molar-refractivity contribution in [2.75, 3.05) is 6.54 Å². The van der Waals surface area contributed by atoms with E-state index in [-0.39, 0.29) is 0 Å². The maximum atomic E-state index is 10.7. The van der Waals surface area contributed by atoms with Crippen molar-refractivity contribution in [3.05, 3.63) is 35.4 Å². The third-order valence-electron chi connectivity index (χ3n) is 2.62. The average Bonchev–Trinajstić information content (AvgIpc) is 2.47. The summed E-state index contributed by atoms with van der Waals surface area (Å²) in [4.78, 5) is 10.7. The van der Waals surface area contributed by atoms with Crippen LogP contribution in [0.1, 0.15) is 38.8 Å². The van der Waals surface area contributed by atoms with Crippen molar-refractivity contribution in [3.8, 4) is 0 Å². The van der Waals surface area contributed by atoms with Gasteiger partial charge in [0.15, 0.2) is 0 Å². The number of hydrogen-bond acceptors (Lipinski definition) is 4. The summed E-state index contributed by atoms with van der Waals surface area (Å²) in [6, 6.07) is 7.00. The lowest BCUT2D eigenvalue weighted by atomic mass is 10.0. The van der Waals surface area contributed by atoms with E-state index in [4.69, 9.17) is 10.8 Å². The number of carboxylic acids is 1. The van der Waals surface area contributed by atoms with Gasteiger partial charge in [-0.1, -0.05) is 38.1 Å². The van der Waals surface area contributed by atoms with E-state index in [1.165, 1.54) is 5.56 Å². The van der Waals surface area contributed by atoms with E-state index >= 15 is 0 Å². The number of rotatable bonds is 7. The highest BCUT2D eigenvalue weighted by molar-refractivity contribution is 5.78. The van der Waals surface area contributed by atoms with Crippen molar-refractivity contribution >= 4 is 11.7 Å². The van der Waals surface area contributed by atoms with E-state index < -0.39 is 12.0 Å². The molecule has 5 heteroatoms. The summed E-state index contributed by atoms with van der Waals surface area (Å²) in [6.07, 6.45) is 1.23. The van der Waals surface area contributed by atoms with Crippen LogP contribution in [0, 0.1) is 0 Å². The van der Waals surface area contributed by atoms with Gasteiger partial charge in [0.1, 0.15) is 6.04 Å². The number of aliphatic carboxylic acids is 1. The fraction of sp³-hybridized carbons (Fsp3) is 0.500. The maximum Gasteiger partial charge on any atom is 0.320 e. The molecule has 1 rings (SSSR count). The van der Waals surface area contributed by atoms with Crippen LogP contribution >= 0.6 is 0 Å². The zero-order valence-electron chi connectivity index (χ0n) is 13.4. The van der Waals surface area contributed by atoms with Gasteiger partial charge in [0.2, 0.25) is 0 Å². The normalized spacial score (nSPS) is 10.9. The van der Waals surface area contributed by atoms with Crippen molar-refractivity contribution < 1.29 is 9.90 Å². The number of carboxylic acid groups (broad SMARTS) is 1.